The Morgan fingerprint density at radius 2 is 2.19 bits per heavy atom. The Morgan fingerprint density at radius 1 is 1.44 bits per heavy atom. The van der Waals surface area contributed by atoms with E-state index in [0.29, 0.717) is 4.99 Å². The Kier molecular flexibility index (Phi) is 2.75. The van der Waals surface area contributed by atoms with Crippen LogP contribution in [-0.2, 0) is 0 Å². The van der Waals surface area contributed by atoms with Crippen molar-refractivity contribution in [3.8, 4) is 5.75 Å². The number of hydrogen-bond donors (Lipinski definition) is 1. The quantitative estimate of drug-likeness (QED) is 0.806. The van der Waals surface area contributed by atoms with E-state index in [1.165, 1.54) is 0 Å². The first kappa shape index (κ1) is 10.8. The number of thiocarbonyl (C=S) groups is 1. The number of rotatable bonds is 2. The molecule has 0 aliphatic carbocycles. The molecule has 16 heavy (non-hydrogen) atoms. The Morgan fingerprint density at radius 3 is 2.81 bits per heavy atom. The van der Waals surface area contributed by atoms with Crippen molar-refractivity contribution >= 4 is 28.1 Å². The van der Waals surface area contributed by atoms with E-state index in [9.17, 15) is 0 Å². The summed E-state index contributed by atoms with van der Waals surface area (Å²) in [6.07, 6.45) is 0. The lowest BCUT2D eigenvalue weighted by Crippen LogP contribution is -2.10. The number of nitrogens with zero attached hydrogens (tertiary/aromatic N) is 1. The SMILES string of the molecule is COc1cc(C)nc2c(C(N)=S)cccc12. The maximum atomic E-state index is 5.67. The Labute approximate surface area is 99.2 Å². The summed E-state index contributed by atoms with van der Waals surface area (Å²) in [7, 11) is 1.64. The molecule has 0 atom stereocenters. The second-order valence-electron chi connectivity index (χ2n) is 3.53. The van der Waals surface area contributed by atoms with Crippen LogP contribution in [0.2, 0.25) is 0 Å². The van der Waals surface area contributed by atoms with Gasteiger partial charge in [0.25, 0.3) is 0 Å². The summed E-state index contributed by atoms with van der Waals surface area (Å²) in [5.74, 6) is 0.792. The minimum Gasteiger partial charge on any atom is -0.496 e. The molecule has 0 radical (unpaired) electrons. The minimum atomic E-state index is 0.353. The summed E-state index contributed by atoms with van der Waals surface area (Å²) >= 11 is 5.01. The number of methoxy groups -OCH3 is 1. The molecule has 1 aromatic carbocycles. The fourth-order valence-electron chi connectivity index (χ4n) is 1.71. The average molecular weight is 232 g/mol. The summed E-state index contributed by atoms with van der Waals surface area (Å²) in [5, 5.41) is 0.929. The van der Waals surface area contributed by atoms with E-state index in [4.69, 9.17) is 22.7 Å². The Bertz CT molecular complexity index is 566. The highest BCUT2D eigenvalue weighted by Crippen LogP contribution is 2.27. The molecule has 2 aromatic rings. The Hall–Kier alpha value is -1.68. The summed E-state index contributed by atoms with van der Waals surface area (Å²) < 4.78 is 5.32. The van der Waals surface area contributed by atoms with Crippen molar-refractivity contribution < 1.29 is 4.74 Å². The van der Waals surface area contributed by atoms with Crippen LogP contribution in [0.25, 0.3) is 10.9 Å². The molecule has 0 bridgehead atoms. The fraction of sp³-hybridized carbons (Fsp3) is 0.167. The van der Waals surface area contributed by atoms with Gasteiger partial charge in [-0.2, -0.15) is 0 Å². The van der Waals surface area contributed by atoms with Crippen LogP contribution in [0, 0.1) is 6.92 Å². The average Bonchev–Trinajstić information content (AvgIpc) is 2.26. The second kappa shape index (κ2) is 4.06. The maximum Gasteiger partial charge on any atom is 0.130 e. The normalized spacial score (nSPS) is 10.4. The predicted molar refractivity (Wildman–Crippen MR) is 68.9 cm³/mol. The molecular weight excluding hydrogens is 220 g/mol. The van der Waals surface area contributed by atoms with Gasteiger partial charge in [-0.3, -0.25) is 4.98 Å². The topological polar surface area (TPSA) is 48.1 Å². The molecule has 0 aliphatic rings. The Balaban J connectivity index is 2.87. The zero-order chi connectivity index (χ0) is 11.7. The van der Waals surface area contributed by atoms with Crippen molar-refractivity contribution in [2.75, 3.05) is 7.11 Å². The molecule has 1 heterocycles. The van der Waals surface area contributed by atoms with Gasteiger partial charge in [0.2, 0.25) is 0 Å². The van der Waals surface area contributed by atoms with Crippen LogP contribution < -0.4 is 10.5 Å². The number of pyridine rings is 1. The van der Waals surface area contributed by atoms with Gasteiger partial charge < -0.3 is 10.5 Å². The third-order valence-electron chi connectivity index (χ3n) is 2.41. The van der Waals surface area contributed by atoms with Crippen molar-refractivity contribution in [1.29, 1.82) is 0 Å². The van der Waals surface area contributed by atoms with Gasteiger partial charge in [-0.15, -0.1) is 0 Å². The molecule has 0 saturated heterocycles. The third-order valence-corrected chi connectivity index (χ3v) is 2.63. The van der Waals surface area contributed by atoms with Crippen LogP contribution in [0.15, 0.2) is 24.3 Å². The van der Waals surface area contributed by atoms with E-state index >= 15 is 0 Å². The first-order chi connectivity index (χ1) is 7.63. The zero-order valence-electron chi connectivity index (χ0n) is 9.15. The number of aryl methyl sites for hydroxylation is 1. The molecule has 3 nitrogen and oxygen atoms in total. The summed E-state index contributed by atoms with van der Waals surface area (Å²) in [4.78, 5) is 4.81. The van der Waals surface area contributed by atoms with Gasteiger partial charge in [-0.1, -0.05) is 18.3 Å². The minimum absolute atomic E-state index is 0.353. The number of fused-ring (bicyclic) bond motifs is 1. The maximum absolute atomic E-state index is 5.67. The van der Waals surface area contributed by atoms with Gasteiger partial charge in [0.15, 0.2) is 0 Å². The lowest BCUT2D eigenvalue weighted by Gasteiger charge is -2.09. The van der Waals surface area contributed by atoms with E-state index in [1.54, 1.807) is 7.11 Å². The van der Waals surface area contributed by atoms with E-state index in [1.807, 2.05) is 31.2 Å². The highest BCUT2D eigenvalue weighted by atomic mass is 32.1. The number of aromatic nitrogens is 1. The number of benzene rings is 1. The largest absolute Gasteiger partial charge is 0.496 e. The van der Waals surface area contributed by atoms with Crippen molar-refractivity contribution in [2.45, 2.75) is 6.92 Å². The number of para-hydroxylation sites is 1. The van der Waals surface area contributed by atoms with Gasteiger partial charge >= 0.3 is 0 Å². The number of ether oxygens (including phenoxy) is 1. The molecule has 0 amide bonds. The van der Waals surface area contributed by atoms with E-state index in [2.05, 4.69) is 4.98 Å². The molecule has 2 N–H and O–H groups in total. The number of hydrogen-bond acceptors (Lipinski definition) is 3. The summed E-state index contributed by atoms with van der Waals surface area (Å²) in [6, 6.07) is 7.61. The van der Waals surface area contributed by atoms with Crippen molar-refractivity contribution in [1.82, 2.24) is 4.98 Å². The molecule has 0 unspecified atom stereocenters. The van der Waals surface area contributed by atoms with E-state index in [-0.39, 0.29) is 0 Å². The van der Waals surface area contributed by atoms with E-state index < -0.39 is 0 Å². The van der Waals surface area contributed by atoms with E-state index in [0.717, 1.165) is 27.9 Å². The zero-order valence-corrected chi connectivity index (χ0v) is 9.97. The van der Waals surface area contributed by atoms with Gasteiger partial charge in [-0.25, -0.2) is 0 Å². The smallest absolute Gasteiger partial charge is 0.130 e. The van der Waals surface area contributed by atoms with Crippen LogP contribution in [0.1, 0.15) is 11.3 Å². The summed E-state index contributed by atoms with van der Waals surface area (Å²) in [6.45, 7) is 1.91. The highest BCUT2D eigenvalue weighted by molar-refractivity contribution is 7.80. The fourth-order valence-corrected chi connectivity index (χ4v) is 1.87. The third kappa shape index (κ3) is 1.72. The molecule has 82 valence electrons. The molecule has 0 fully saturated rings. The van der Waals surface area contributed by atoms with Crippen LogP contribution >= 0.6 is 12.2 Å². The molecule has 2 rings (SSSR count). The van der Waals surface area contributed by atoms with Crippen LogP contribution in [0.5, 0.6) is 5.75 Å². The summed E-state index contributed by atoms with van der Waals surface area (Å²) in [5.41, 5.74) is 8.14. The standard InChI is InChI=1S/C12H12N2OS/c1-7-6-10(15-2)8-4-3-5-9(12(13)16)11(8)14-7/h3-6H,1-2H3,(H2,13,16). The van der Waals surface area contributed by atoms with Gasteiger partial charge in [0, 0.05) is 22.7 Å². The van der Waals surface area contributed by atoms with Crippen LogP contribution in [-0.4, -0.2) is 17.1 Å². The highest BCUT2D eigenvalue weighted by Gasteiger charge is 2.09. The number of nitrogens with two attached hydrogens (primary N) is 1. The molecule has 0 spiro atoms. The van der Waals surface area contributed by atoms with Crippen molar-refractivity contribution in [3.05, 3.63) is 35.5 Å². The molecule has 4 heteroatoms. The van der Waals surface area contributed by atoms with Crippen LogP contribution in [0.3, 0.4) is 0 Å². The van der Waals surface area contributed by atoms with Gasteiger partial charge in [0.1, 0.15) is 10.7 Å². The molecule has 0 aliphatic heterocycles. The molecule has 1 aromatic heterocycles. The first-order valence-corrected chi connectivity index (χ1v) is 5.28. The monoisotopic (exact) mass is 232 g/mol. The lowest BCUT2D eigenvalue weighted by atomic mass is 10.1. The van der Waals surface area contributed by atoms with Crippen molar-refractivity contribution in [3.63, 3.8) is 0 Å². The molecular formula is C12H12N2OS. The van der Waals surface area contributed by atoms with Crippen LogP contribution in [0.4, 0.5) is 0 Å². The predicted octanol–water partition coefficient (Wildman–Crippen LogP) is 2.19. The van der Waals surface area contributed by atoms with Gasteiger partial charge in [0.05, 0.1) is 12.6 Å². The molecule has 0 saturated carbocycles. The van der Waals surface area contributed by atoms with Crippen molar-refractivity contribution in [2.24, 2.45) is 5.73 Å². The lowest BCUT2D eigenvalue weighted by molar-refractivity contribution is 0.419. The first-order valence-electron chi connectivity index (χ1n) is 4.87. The van der Waals surface area contributed by atoms with Gasteiger partial charge in [-0.05, 0) is 19.1 Å². The second-order valence-corrected chi connectivity index (χ2v) is 3.97.